The number of benzene rings is 1. The first-order valence-electron chi connectivity index (χ1n) is 9.72. The van der Waals surface area contributed by atoms with Crippen molar-refractivity contribution >= 4 is 12.0 Å². The van der Waals surface area contributed by atoms with Gasteiger partial charge in [-0.25, -0.2) is 4.79 Å². The summed E-state index contributed by atoms with van der Waals surface area (Å²) >= 11 is 0. The van der Waals surface area contributed by atoms with E-state index in [1.54, 1.807) is 15.9 Å². The smallest absolute Gasteiger partial charge is 0.409 e. The summed E-state index contributed by atoms with van der Waals surface area (Å²) in [6.07, 6.45) is 3.60. The number of hydrogen-bond donors (Lipinski definition) is 1. The second kappa shape index (κ2) is 7.02. The normalized spacial score (nSPS) is 26.0. The maximum Gasteiger partial charge on any atom is 0.409 e. The summed E-state index contributed by atoms with van der Waals surface area (Å²) in [5.41, 5.74) is -0.175. The topological polar surface area (TPSA) is 60.9 Å². The molecule has 1 N–H and O–H groups in total. The number of fused-ring (bicyclic) bond motifs is 3. The molecule has 27 heavy (non-hydrogen) atoms. The summed E-state index contributed by atoms with van der Waals surface area (Å²) in [5, 5.41) is 10.4. The number of hydrogen-bond acceptors (Lipinski definition) is 2. The Balaban J connectivity index is 2.16. The number of rotatable bonds is 5. The van der Waals surface area contributed by atoms with Crippen LogP contribution in [-0.2, 0) is 4.79 Å². The van der Waals surface area contributed by atoms with E-state index in [2.05, 4.69) is 27.4 Å². The highest BCUT2D eigenvalue weighted by Gasteiger charge is 2.58. The molecule has 4 rings (SSSR count). The number of amides is 2. The van der Waals surface area contributed by atoms with E-state index in [1.165, 1.54) is 0 Å². The third-order valence-corrected chi connectivity index (χ3v) is 6.06. The Morgan fingerprint density at radius 1 is 1.33 bits per heavy atom. The number of piperidine rings is 2. The molecule has 0 unspecified atom stereocenters. The van der Waals surface area contributed by atoms with Gasteiger partial charge in [-0.3, -0.25) is 9.69 Å². The van der Waals surface area contributed by atoms with E-state index in [1.807, 2.05) is 30.3 Å². The Bertz CT molecular complexity index is 715. The lowest BCUT2D eigenvalue weighted by atomic mass is 9.71. The third kappa shape index (κ3) is 3.24. The molecule has 0 spiro atoms. The van der Waals surface area contributed by atoms with Crippen LogP contribution in [0.4, 0.5) is 4.79 Å². The molecule has 0 radical (unpaired) electrons. The molecule has 0 aromatic heterocycles. The van der Waals surface area contributed by atoms with Crippen molar-refractivity contribution in [1.82, 2.24) is 9.80 Å². The van der Waals surface area contributed by atoms with Gasteiger partial charge in [0.25, 0.3) is 0 Å². The van der Waals surface area contributed by atoms with Gasteiger partial charge in [0.1, 0.15) is 5.66 Å². The van der Waals surface area contributed by atoms with Gasteiger partial charge in [0.05, 0.1) is 6.04 Å². The van der Waals surface area contributed by atoms with E-state index in [-0.39, 0.29) is 23.3 Å². The van der Waals surface area contributed by atoms with Crippen LogP contribution in [0.25, 0.3) is 0 Å². The van der Waals surface area contributed by atoms with Crippen molar-refractivity contribution in [3.63, 3.8) is 0 Å². The van der Waals surface area contributed by atoms with E-state index >= 15 is 0 Å². The fourth-order valence-electron chi connectivity index (χ4n) is 4.98. The van der Waals surface area contributed by atoms with Crippen LogP contribution in [-0.4, -0.2) is 39.1 Å². The first-order chi connectivity index (χ1) is 12.7. The summed E-state index contributed by atoms with van der Waals surface area (Å²) in [4.78, 5) is 29.0. The van der Waals surface area contributed by atoms with Crippen molar-refractivity contribution in [3.8, 4) is 0 Å². The fraction of sp³-hybridized carbons (Fsp3) is 0.545. The minimum absolute atomic E-state index is 0.0206. The summed E-state index contributed by atoms with van der Waals surface area (Å²) in [7, 11) is 0. The van der Waals surface area contributed by atoms with E-state index in [9.17, 15) is 14.7 Å². The SMILES string of the molecule is C=CCN1C(=O)C2CCC1(N(C(=O)O)[C@@H](c1ccccc1)C(C)(C)C)CC2. The molecule has 1 aromatic rings. The first kappa shape index (κ1) is 19.5. The number of carbonyl (C=O) groups is 2. The summed E-state index contributed by atoms with van der Waals surface area (Å²) in [6, 6.07) is 9.43. The first-order valence-corrected chi connectivity index (χ1v) is 9.72. The molecule has 1 aliphatic carbocycles. The van der Waals surface area contributed by atoms with Crippen molar-refractivity contribution in [3.05, 3.63) is 48.6 Å². The van der Waals surface area contributed by atoms with Crippen LogP contribution in [0.2, 0.25) is 0 Å². The minimum Gasteiger partial charge on any atom is -0.465 e. The zero-order valence-electron chi connectivity index (χ0n) is 16.5. The fourth-order valence-corrected chi connectivity index (χ4v) is 4.98. The quantitative estimate of drug-likeness (QED) is 0.766. The van der Waals surface area contributed by atoms with Crippen LogP contribution in [0, 0.1) is 11.3 Å². The molecule has 2 bridgehead atoms. The molecule has 1 atom stereocenters. The largest absolute Gasteiger partial charge is 0.465 e. The zero-order chi connectivity index (χ0) is 19.8. The van der Waals surface area contributed by atoms with Gasteiger partial charge in [-0.1, -0.05) is 57.2 Å². The molecule has 2 amide bonds. The number of carboxylic acid groups (broad SMARTS) is 1. The molecular weight excluding hydrogens is 340 g/mol. The van der Waals surface area contributed by atoms with E-state index in [0.717, 1.165) is 18.4 Å². The Labute approximate surface area is 161 Å². The molecule has 3 aliphatic rings. The van der Waals surface area contributed by atoms with Crippen LogP contribution in [0.15, 0.2) is 43.0 Å². The Kier molecular flexibility index (Phi) is 5.06. The van der Waals surface area contributed by atoms with Crippen molar-refractivity contribution in [2.75, 3.05) is 6.54 Å². The molecular formula is C22H30N2O3. The maximum atomic E-state index is 13.0. The lowest BCUT2D eigenvalue weighted by molar-refractivity contribution is -0.179. The van der Waals surface area contributed by atoms with Crippen LogP contribution >= 0.6 is 0 Å². The van der Waals surface area contributed by atoms with Crippen molar-refractivity contribution in [1.29, 1.82) is 0 Å². The van der Waals surface area contributed by atoms with Gasteiger partial charge >= 0.3 is 6.09 Å². The van der Waals surface area contributed by atoms with Gasteiger partial charge in [-0.05, 0) is 36.7 Å². The van der Waals surface area contributed by atoms with E-state index in [0.29, 0.717) is 19.4 Å². The van der Waals surface area contributed by atoms with E-state index in [4.69, 9.17) is 0 Å². The van der Waals surface area contributed by atoms with Crippen LogP contribution in [0.5, 0.6) is 0 Å². The lowest BCUT2D eigenvalue weighted by Crippen LogP contribution is -2.71. The van der Waals surface area contributed by atoms with Crippen molar-refractivity contribution < 1.29 is 14.7 Å². The molecule has 2 heterocycles. The van der Waals surface area contributed by atoms with Crippen LogP contribution in [0.1, 0.15) is 58.1 Å². The molecule has 3 fully saturated rings. The second-order valence-corrected chi connectivity index (χ2v) is 8.83. The van der Waals surface area contributed by atoms with Crippen molar-refractivity contribution in [2.45, 2.75) is 58.2 Å². The molecule has 5 nitrogen and oxygen atoms in total. The molecule has 1 aromatic carbocycles. The highest BCUT2D eigenvalue weighted by molar-refractivity contribution is 5.83. The summed E-state index contributed by atoms with van der Waals surface area (Å²) in [6.45, 7) is 10.4. The second-order valence-electron chi connectivity index (χ2n) is 8.83. The third-order valence-electron chi connectivity index (χ3n) is 6.06. The Morgan fingerprint density at radius 2 is 1.93 bits per heavy atom. The number of nitrogens with zero attached hydrogens (tertiary/aromatic N) is 2. The summed E-state index contributed by atoms with van der Waals surface area (Å²) < 4.78 is 0. The molecule has 1 saturated carbocycles. The molecule has 146 valence electrons. The Morgan fingerprint density at radius 3 is 2.41 bits per heavy atom. The van der Waals surface area contributed by atoms with Gasteiger partial charge in [-0.15, -0.1) is 6.58 Å². The zero-order valence-corrected chi connectivity index (χ0v) is 16.5. The predicted octanol–water partition coefficient (Wildman–Crippen LogP) is 4.67. The van der Waals surface area contributed by atoms with Crippen LogP contribution in [0.3, 0.4) is 0 Å². The predicted molar refractivity (Wildman–Crippen MR) is 105 cm³/mol. The monoisotopic (exact) mass is 370 g/mol. The standard InChI is InChI=1S/C22H30N2O3/c1-5-15-23-19(25)17-11-13-22(23,14-12-17)24(20(26)27)18(21(2,3)4)16-9-7-6-8-10-16/h5-10,17-18H,1,11-15H2,2-4H3,(H,26,27)/t17?,18-,22?/m0/s1. The molecule has 2 saturated heterocycles. The van der Waals surface area contributed by atoms with Gasteiger partial charge < -0.3 is 10.0 Å². The van der Waals surface area contributed by atoms with Gasteiger partial charge in [0.15, 0.2) is 0 Å². The minimum atomic E-state index is -0.971. The van der Waals surface area contributed by atoms with Crippen LogP contribution < -0.4 is 0 Å². The number of carbonyl (C=O) groups excluding carboxylic acids is 1. The van der Waals surface area contributed by atoms with Gasteiger partial charge in [-0.2, -0.15) is 0 Å². The maximum absolute atomic E-state index is 13.0. The lowest BCUT2D eigenvalue weighted by Gasteiger charge is -2.60. The summed E-state index contributed by atoms with van der Waals surface area (Å²) in [5.74, 6) is 0.0895. The highest BCUT2D eigenvalue weighted by Crippen LogP contribution is 2.51. The van der Waals surface area contributed by atoms with Gasteiger partial charge in [0, 0.05) is 12.5 Å². The van der Waals surface area contributed by atoms with Crippen molar-refractivity contribution in [2.24, 2.45) is 11.3 Å². The average Bonchev–Trinajstić information content (AvgIpc) is 2.62. The van der Waals surface area contributed by atoms with E-state index < -0.39 is 11.8 Å². The van der Waals surface area contributed by atoms with Gasteiger partial charge in [0.2, 0.25) is 5.91 Å². The molecule has 5 heteroatoms. The Hall–Kier alpha value is -2.30. The molecule has 2 aliphatic heterocycles. The average molecular weight is 370 g/mol. The highest BCUT2D eigenvalue weighted by atomic mass is 16.4.